The van der Waals surface area contributed by atoms with Crippen LogP contribution < -0.4 is 10.2 Å². The summed E-state index contributed by atoms with van der Waals surface area (Å²) in [4.78, 5) is 22.6. The Balaban J connectivity index is 2.77. The molecular formula is C14H24N4O2. The average molecular weight is 280 g/mol. The molecule has 0 aliphatic rings. The molecule has 20 heavy (non-hydrogen) atoms. The fourth-order valence-electron chi connectivity index (χ4n) is 1.73. The predicted octanol–water partition coefficient (Wildman–Crippen LogP) is 1.40. The summed E-state index contributed by atoms with van der Waals surface area (Å²) >= 11 is 0. The Morgan fingerprint density at radius 3 is 2.85 bits per heavy atom. The second-order valence-corrected chi connectivity index (χ2v) is 4.68. The van der Waals surface area contributed by atoms with Crippen molar-refractivity contribution in [3.63, 3.8) is 0 Å². The van der Waals surface area contributed by atoms with Crippen molar-refractivity contribution >= 4 is 11.7 Å². The zero-order valence-corrected chi connectivity index (χ0v) is 12.8. The summed E-state index contributed by atoms with van der Waals surface area (Å²) in [6, 6.07) is 1.73. The highest BCUT2D eigenvalue weighted by molar-refractivity contribution is 5.92. The highest BCUT2D eigenvalue weighted by atomic mass is 16.5. The maximum Gasteiger partial charge on any atom is 0.270 e. The molecule has 1 amide bonds. The number of aryl methyl sites for hydroxylation is 1. The monoisotopic (exact) mass is 280 g/mol. The Bertz CT molecular complexity index is 437. The zero-order chi connectivity index (χ0) is 15.0. The number of rotatable bonds is 8. The number of hydrogen-bond donors (Lipinski definition) is 1. The number of nitrogens with zero attached hydrogens (tertiary/aromatic N) is 3. The first-order chi connectivity index (χ1) is 9.58. The van der Waals surface area contributed by atoms with Gasteiger partial charge in [0.05, 0.1) is 6.61 Å². The minimum atomic E-state index is -0.197. The van der Waals surface area contributed by atoms with Gasteiger partial charge in [-0.25, -0.2) is 9.97 Å². The summed E-state index contributed by atoms with van der Waals surface area (Å²) < 4.78 is 4.90. The number of nitrogens with one attached hydrogen (secondary N) is 1. The lowest BCUT2D eigenvalue weighted by Gasteiger charge is -2.18. The van der Waals surface area contributed by atoms with Crippen molar-refractivity contribution in [3.05, 3.63) is 17.6 Å². The van der Waals surface area contributed by atoms with Crippen LogP contribution in [0.4, 0.5) is 5.82 Å². The van der Waals surface area contributed by atoms with Crippen molar-refractivity contribution in [2.24, 2.45) is 0 Å². The van der Waals surface area contributed by atoms with Gasteiger partial charge >= 0.3 is 0 Å². The van der Waals surface area contributed by atoms with Gasteiger partial charge in [-0.3, -0.25) is 4.79 Å². The molecule has 0 radical (unpaired) electrons. The third-order valence-electron chi connectivity index (χ3n) is 2.89. The molecule has 6 nitrogen and oxygen atoms in total. The summed E-state index contributed by atoms with van der Waals surface area (Å²) in [5, 5.41) is 2.76. The van der Waals surface area contributed by atoms with Gasteiger partial charge in [0.25, 0.3) is 5.91 Å². The van der Waals surface area contributed by atoms with Crippen LogP contribution in [0.15, 0.2) is 6.07 Å². The molecule has 1 N–H and O–H groups in total. The molecule has 0 saturated carbocycles. The average Bonchev–Trinajstić information content (AvgIpc) is 2.44. The highest BCUT2D eigenvalue weighted by Crippen LogP contribution is 2.12. The summed E-state index contributed by atoms with van der Waals surface area (Å²) in [5.41, 5.74) is 0.395. The van der Waals surface area contributed by atoms with Crippen molar-refractivity contribution < 1.29 is 9.53 Å². The third kappa shape index (κ3) is 5.13. The molecule has 0 unspecified atom stereocenters. The van der Waals surface area contributed by atoms with Crippen LogP contribution in [0.3, 0.4) is 0 Å². The van der Waals surface area contributed by atoms with Crippen LogP contribution in [-0.4, -0.2) is 49.7 Å². The fraction of sp³-hybridized carbons (Fsp3) is 0.643. The van der Waals surface area contributed by atoms with Crippen LogP contribution in [0.25, 0.3) is 0 Å². The van der Waals surface area contributed by atoms with Crippen LogP contribution in [0.1, 0.15) is 36.1 Å². The summed E-state index contributed by atoms with van der Waals surface area (Å²) in [5.74, 6) is 1.18. The molecule has 0 saturated heterocycles. The van der Waals surface area contributed by atoms with Crippen molar-refractivity contribution in [3.8, 4) is 0 Å². The second kappa shape index (κ2) is 8.47. The summed E-state index contributed by atoms with van der Waals surface area (Å²) in [6.45, 7) is 5.81. The van der Waals surface area contributed by atoms with E-state index < -0.39 is 0 Å². The van der Waals surface area contributed by atoms with E-state index in [0.29, 0.717) is 24.7 Å². The van der Waals surface area contributed by atoms with Gasteiger partial charge in [0.2, 0.25) is 0 Å². The molecule has 6 heteroatoms. The molecule has 0 fully saturated rings. The van der Waals surface area contributed by atoms with Gasteiger partial charge in [0, 0.05) is 33.3 Å². The summed E-state index contributed by atoms with van der Waals surface area (Å²) in [7, 11) is 3.58. The number of methoxy groups -OCH3 is 1. The molecule has 0 aliphatic carbocycles. The molecule has 1 rings (SSSR count). The van der Waals surface area contributed by atoms with Gasteiger partial charge < -0.3 is 15.0 Å². The SMILES string of the molecule is CCCCN(C)c1cc(C(=O)NCCOC)nc(C)n1. The maximum atomic E-state index is 12.0. The molecule has 1 aromatic rings. The number of aromatic nitrogens is 2. The third-order valence-corrected chi connectivity index (χ3v) is 2.89. The first kappa shape index (κ1) is 16.4. The van der Waals surface area contributed by atoms with E-state index >= 15 is 0 Å². The van der Waals surface area contributed by atoms with Gasteiger partial charge in [-0.15, -0.1) is 0 Å². The Morgan fingerprint density at radius 1 is 1.45 bits per heavy atom. The molecule has 0 atom stereocenters. The lowest BCUT2D eigenvalue weighted by atomic mass is 10.3. The van der Waals surface area contributed by atoms with Crippen LogP contribution in [-0.2, 0) is 4.74 Å². The second-order valence-electron chi connectivity index (χ2n) is 4.68. The van der Waals surface area contributed by atoms with E-state index in [2.05, 4.69) is 22.2 Å². The Hall–Kier alpha value is -1.69. The van der Waals surface area contributed by atoms with Crippen molar-refractivity contribution in [2.75, 3.05) is 38.8 Å². The van der Waals surface area contributed by atoms with Crippen LogP contribution in [0.2, 0.25) is 0 Å². The van der Waals surface area contributed by atoms with Gasteiger partial charge in [-0.1, -0.05) is 13.3 Å². The Kier molecular flexibility index (Phi) is 6.93. The lowest BCUT2D eigenvalue weighted by Crippen LogP contribution is -2.29. The molecule has 1 aromatic heterocycles. The zero-order valence-electron chi connectivity index (χ0n) is 12.8. The van der Waals surface area contributed by atoms with E-state index in [-0.39, 0.29) is 5.91 Å². The molecule has 112 valence electrons. The Labute approximate surface area is 120 Å². The lowest BCUT2D eigenvalue weighted by molar-refractivity contribution is 0.0931. The van der Waals surface area contributed by atoms with E-state index in [1.54, 1.807) is 20.1 Å². The molecule has 0 aliphatic heterocycles. The normalized spacial score (nSPS) is 10.4. The predicted molar refractivity (Wildman–Crippen MR) is 79.2 cm³/mol. The first-order valence-electron chi connectivity index (χ1n) is 6.92. The van der Waals surface area contributed by atoms with Crippen molar-refractivity contribution in [1.29, 1.82) is 0 Å². The summed E-state index contributed by atoms with van der Waals surface area (Å²) in [6.07, 6.45) is 2.22. The first-order valence-corrected chi connectivity index (χ1v) is 6.92. The highest BCUT2D eigenvalue weighted by Gasteiger charge is 2.12. The number of amides is 1. The number of hydrogen-bond acceptors (Lipinski definition) is 5. The van der Waals surface area contributed by atoms with E-state index in [0.717, 1.165) is 25.2 Å². The van der Waals surface area contributed by atoms with Crippen molar-refractivity contribution in [1.82, 2.24) is 15.3 Å². The number of anilines is 1. The maximum absolute atomic E-state index is 12.0. The van der Waals surface area contributed by atoms with Gasteiger partial charge in [0.15, 0.2) is 0 Å². The fourth-order valence-corrected chi connectivity index (χ4v) is 1.73. The van der Waals surface area contributed by atoms with Gasteiger partial charge in [-0.05, 0) is 13.3 Å². The molecule has 0 bridgehead atoms. The van der Waals surface area contributed by atoms with Crippen LogP contribution in [0.5, 0.6) is 0 Å². The quantitative estimate of drug-likeness (QED) is 0.729. The molecular weight excluding hydrogens is 256 g/mol. The van der Waals surface area contributed by atoms with E-state index in [1.807, 2.05) is 11.9 Å². The molecule has 1 heterocycles. The standard InChI is InChI=1S/C14H24N4O2/c1-5-6-8-18(3)13-10-12(16-11(2)17-13)14(19)15-7-9-20-4/h10H,5-9H2,1-4H3,(H,15,19). The van der Waals surface area contributed by atoms with Crippen molar-refractivity contribution in [2.45, 2.75) is 26.7 Å². The molecule has 0 spiro atoms. The van der Waals surface area contributed by atoms with Crippen LogP contribution in [0, 0.1) is 6.92 Å². The number of carbonyl (C=O) groups excluding carboxylic acids is 1. The van der Waals surface area contributed by atoms with E-state index in [1.165, 1.54) is 0 Å². The topological polar surface area (TPSA) is 67.4 Å². The number of carbonyl (C=O) groups is 1. The van der Waals surface area contributed by atoms with Gasteiger partial charge in [0.1, 0.15) is 17.3 Å². The van der Waals surface area contributed by atoms with Gasteiger partial charge in [-0.2, -0.15) is 0 Å². The Morgan fingerprint density at radius 2 is 2.20 bits per heavy atom. The minimum absolute atomic E-state index is 0.197. The largest absolute Gasteiger partial charge is 0.383 e. The van der Waals surface area contributed by atoms with E-state index in [9.17, 15) is 4.79 Å². The van der Waals surface area contributed by atoms with E-state index in [4.69, 9.17) is 4.74 Å². The number of ether oxygens (including phenoxy) is 1. The smallest absolute Gasteiger partial charge is 0.270 e. The number of unbranched alkanes of at least 4 members (excludes halogenated alkanes) is 1. The minimum Gasteiger partial charge on any atom is -0.383 e. The van der Waals surface area contributed by atoms with Crippen LogP contribution >= 0.6 is 0 Å². The molecule has 0 aromatic carbocycles.